The first-order chi connectivity index (χ1) is 7.06. The van der Waals surface area contributed by atoms with Crippen LogP contribution in [-0.4, -0.2) is 8.32 Å². The lowest BCUT2D eigenvalue weighted by atomic mass is 9.90. The molecule has 0 heterocycles. The average molecular weight is 220 g/mol. The van der Waals surface area contributed by atoms with E-state index in [4.69, 9.17) is 4.43 Å². The number of hydrogen-bond acceptors (Lipinski definition) is 1. The van der Waals surface area contributed by atoms with E-state index in [1.54, 1.807) is 0 Å². The van der Waals surface area contributed by atoms with Crippen molar-refractivity contribution in [1.29, 1.82) is 0 Å². The second kappa shape index (κ2) is 4.10. The van der Waals surface area contributed by atoms with Gasteiger partial charge in [-0.3, -0.25) is 0 Å². The zero-order chi connectivity index (χ0) is 10.9. The number of fused-ring (bicyclic) bond motifs is 1. The first-order valence-electron chi connectivity index (χ1n) is 5.82. The third-order valence-corrected chi connectivity index (χ3v) is 3.80. The highest BCUT2D eigenvalue weighted by Crippen LogP contribution is 2.34. The van der Waals surface area contributed by atoms with Crippen molar-refractivity contribution < 1.29 is 4.43 Å². The SMILES string of the molecule is C[Si](C)(C)OC1CCCc2ccccc21. The summed E-state index contributed by atoms with van der Waals surface area (Å²) in [6.07, 6.45) is 4.05. The maximum absolute atomic E-state index is 6.24. The van der Waals surface area contributed by atoms with Crippen LogP contribution < -0.4 is 0 Å². The summed E-state index contributed by atoms with van der Waals surface area (Å²) in [6.45, 7) is 6.80. The summed E-state index contributed by atoms with van der Waals surface area (Å²) < 4.78 is 6.24. The van der Waals surface area contributed by atoms with Crippen molar-refractivity contribution in [3.8, 4) is 0 Å². The Morgan fingerprint density at radius 1 is 1.20 bits per heavy atom. The lowest BCUT2D eigenvalue weighted by molar-refractivity contribution is 0.176. The molecule has 0 N–H and O–H groups in total. The zero-order valence-corrected chi connectivity index (χ0v) is 10.9. The van der Waals surface area contributed by atoms with Gasteiger partial charge >= 0.3 is 0 Å². The van der Waals surface area contributed by atoms with E-state index in [0.29, 0.717) is 6.10 Å². The molecule has 0 saturated carbocycles. The fraction of sp³-hybridized carbons (Fsp3) is 0.538. The molecule has 0 bridgehead atoms. The van der Waals surface area contributed by atoms with Crippen molar-refractivity contribution in [2.45, 2.75) is 45.0 Å². The normalized spacial score (nSPS) is 21.1. The smallest absolute Gasteiger partial charge is 0.184 e. The van der Waals surface area contributed by atoms with Gasteiger partial charge in [0, 0.05) is 0 Å². The summed E-state index contributed by atoms with van der Waals surface area (Å²) in [5.74, 6) is 0. The van der Waals surface area contributed by atoms with E-state index >= 15 is 0 Å². The first-order valence-corrected chi connectivity index (χ1v) is 9.23. The largest absolute Gasteiger partial charge is 0.411 e. The van der Waals surface area contributed by atoms with Crippen molar-refractivity contribution in [2.75, 3.05) is 0 Å². The molecule has 0 amide bonds. The molecule has 0 spiro atoms. The van der Waals surface area contributed by atoms with Crippen molar-refractivity contribution >= 4 is 8.32 Å². The summed E-state index contributed by atoms with van der Waals surface area (Å²) in [7, 11) is -1.41. The molecule has 82 valence electrons. The van der Waals surface area contributed by atoms with Crippen LogP contribution in [-0.2, 0) is 10.8 Å². The Morgan fingerprint density at radius 2 is 1.93 bits per heavy atom. The summed E-state index contributed by atoms with van der Waals surface area (Å²) in [5, 5.41) is 0. The third kappa shape index (κ3) is 2.70. The maximum Gasteiger partial charge on any atom is 0.184 e. The Hall–Kier alpha value is -0.603. The molecule has 1 aliphatic rings. The molecule has 1 nitrogen and oxygen atoms in total. The minimum Gasteiger partial charge on any atom is -0.411 e. The highest BCUT2D eigenvalue weighted by Gasteiger charge is 2.25. The molecule has 1 unspecified atom stereocenters. The Labute approximate surface area is 93.6 Å². The fourth-order valence-electron chi connectivity index (χ4n) is 2.26. The van der Waals surface area contributed by atoms with Gasteiger partial charge in [0.2, 0.25) is 0 Å². The molecule has 15 heavy (non-hydrogen) atoms. The molecule has 2 rings (SSSR count). The predicted octanol–water partition coefficient (Wildman–Crippen LogP) is 3.92. The highest BCUT2D eigenvalue weighted by molar-refractivity contribution is 6.69. The van der Waals surface area contributed by atoms with Gasteiger partial charge in [-0.1, -0.05) is 24.3 Å². The molecule has 2 heteroatoms. The standard InChI is InChI=1S/C13H20OSi/c1-15(2,3)14-13-10-6-8-11-7-4-5-9-12(11)13/h4-5,7,9,13H,6,8,10H2,1-3H3. The van der Waals surface area contributed by atoms with Crippen LogP contribution in [0.25, 0.3) is 0 Å². The van der Waals surface area contributed by atoms with Crippen LogP contribution in [0.1, 0.15) is 30.1 Å². The Kier molecular flexibility index (Phi) is 2.98. The second-order valence-corrected chi connectivity index (χ2v) is 9.77. The van der Waals surface area contributed by atoms with Crippen LogP contribution >= 0.6 is 0 Å². The summed E-state index contributed by atoms with van der Waals surface area (Å²) in [4.78, 5) is 0. The Bertz CT molecular complexity index is 341. The van der Waals surface area contributed by atoms with Crippen LogP contribution in [0.3, 0.4) is 0 Å². The van der Waals surface area contributed by atoms with E-state index in [0.717, 1.165) is 0 Å². The quantitative estimate of drug-likeness (QED) is 0.687. The highest BCUT2D eigenvalue weighted by atomic mass is 28.4. The molecule has 1 aromatic carbocycles. The zero-order valence-electron chi connectivity index (χ0n) is 9.92. The van der Waals surface area contributed by atoms with Gasteiger partial charge in [0.25, 0.3) is 0 Å². The van der Waals surface area contributed by atoms with Gasteiger partial charge in [-0.25, -0.2) is 0 Å². The molecule has 1 aromatic rings. The van der Waals surface area contributed by atoms with Crippen LogP contribution in [0, 0.1) is 0 Å². The summed E-state index contributed by atoms with van der Waals surface area (Å²) >= 11 is 0. The topological polar surface area (TPSA) is 9.23 Å². The predicted molar refractivity (Wildman–Crippen MR) is 66.6 cm³/mol. The van der Waals surface area contributed by atoms with Crippen LogP contribution in [0.4, 0.5) is 0 Å². The second-order valence-electron chi connectivity index (χ2n) is 5.31. The van der Waals surface area contributed by atoms with Gasteiger partial charge in [0.1, 0.15) is 0 Å². The minimum atomic E-state index is -1.41. The molecule has 0 aliphatic heterocycles. The van der Waals surface area contributed by atoms with Crippen LogP contribution in [0.5, 0.6) is 0 Å². The van der Waals surface area contributed by atoms with Crippen LogP contribution in [0.15, 0.2) is 24.3 Å². The van der Waals surface area contributed by atoms with E-state index < -0.39 is 8.32 Å². The van der Waals surface area contributed by atoms with E-state index in [1.165, 1.54) is 30.4 Å². The molecule has 0 aromatic heterocycles. The van der Waals surface area contributed by atoms with E-state index in [-0.39, 0.29) is 0 Å². The molecule has 0 radical (unpaired) electrons. The molecular weight excluding hydrogens is 200 g/mol. The lowest BCUT2D eigenvalue weighted by Crippen LogP contribution is -2.29. The summed E-state index contributed by atoms with van der Waals surface area (Å²) in [6, 6.07) is 8.74. The van der Waals surface area contributed by atoms with Gasteiger partial charge in [-0.05, 0) is 50.0 Å². The average Bonchev–Trinajstić information content (AvgIpc) is 2.16. The van der Waals surface area contributed by atoms with Crippen molar-refractivity contribution in [2.24, 2.45) is 0 Å². The van der Waals surface area contributed by atoms with Crippen LogP contribution in [0.2, 0.25) is 19.6 Å². The van der Waals surface area contributed by atoms with E-state index in [2.05, 4.69) is 43.9 Å². The van der Waals surface area contributed by atoms with Gasteiger partial charge in [0.05, 0.1) is 6.10 Å². The fourth-order valence-corrected chi connectivity index (χ4v) is 3.36. The first kappa shape index (κ1) is 10.9. The number of rotatable bonds is 2. The molecule has 1 aliphatic carbocycles. The lowest BCUT2D eigenvalue weighted by Gasteiger charge is -2.31. The van der Waals surface area contributed by atoms with E-state index in [9.17, 15) is 0 Å². The van der Waals surface area contributed by atoms with Gasteiger partial charge < -0.3 is 4.43 Å². The van der Waals surface area contributed by atoms with E-state index in [1.807, 2.05) is 0 Å². The number of benzene rings is 1. The maximum atomic E-state index is 6.24. The van der Waals surface area contributed by atoms with Gasteiger partial charge in [-0.15, -0.1) is 0 Å². The van der Waals surface area contributed by atoms with Crippen molar-refractivity contribution in [1.82, 2.24) is 0 Å². The molecule has 1 atom stereocenters. The Balaban J connectivity index is 2.22. The molecule has 0 saturated heterocycles. The van der Waals surface area contributed by atoms with Crippen molar-refractivity contribution in [3.05, 3.63) is 35.4 Å². The van der Waals surface area contributed by atoms with Gasteiger partial charge in [0.15, 0.2) is 8.32 Å². The molecular formula is C13H20OSi. The number of aryl methyl sites for hydroxylation is 1. The monoisotopic (exact) mass is 220 g/mol. The molecule has 0 fully saturated rings. The summed E-state index contributed by atoms with van der Waals surface area (Å²) in [5.41, 5.74) is 2.93. The van der Waals surface area contributed by atoms with Crippen molar-refractivity contribution in [3.63, 3.8) is 0 Å². The number of hydrogen-bond donors (Lipinski definition) is 0. The Morgan fingerprint density at radius 3 is 2.67 bits per heavy atom. The van der Waals surface area contributed by atoms with Gasteiger partial charge in [-0.2, -0.15) is 0 Å². The minimum absolute atomic E-state index is 0.363. The third-order valence-electron chi connectivity index (χ3n) is 2.81.